The van der Waals surface area contributed by atoms with Crippen molar-refractivity contribution >= 4 is 9.84 Å². The third-order valence-corrected chi connectivity index (χ3v) is 4.91. The molecule has 0 aromatic rings. The molecule has 14 heavy (non-hydrogen) atoms. The Morgan fingerprint density at radius 1 is 1.21 bits per heavy atom. The first kappa shape index (κ1) is 12.0. The van der Waals surface area contributed by atoms with Gasteiger partial charge in [0.15, 0.2) is 0 Å². The van der Waals surface area contributed by atoms with Crippen LogP contribution < -0.4 is 0 Å². The molecule has 0 spiro atoms. The highest BCUT2D eigenvalue weighted by molar-refractivity contribution is 7.91. The number of sulfone groups is 1. The van der Waals surface area contributed by atoms with Crippen LogP contribution >= 0.6 is 0 Å². The second-order valence-corrected chi connectivity index (χ2v) is 6.78. The summed E-state index contributed by atoms with van der Waals surface area (Å²) in [6.07, 6.45) is 2.94. The first-order chi connectivity index (χ1) is 6.36. The van der Waals surface area contributed by atoms with Crippen LogP contribution in [0.25, 0.3) is 0 Å². The van der Waals surface area contributed by atoms with Gasteiger partial charge in [-0.25, -0.2) is 8.42 Å². The maximum absolute atomic E-state index is 11.5. The molecule has 84 valence electrons. The van der Waals surface area contributed by atoms with E-state index in [4.69, 9.17) is 0 Å². The predicted molar refractivity (Wildman–Crippen MR) is 59.2 cm³/mol. The van der Waals surface area contributed by atoms with Crippen molar-refractivity contribution in [2.45, 2.75) is 50.9 Å². The number of hydrogen-bond acceptors (Lipinski definition) is 3. The van der Waals surface area contributed by atoms with E-state index in [-0.39, 0.29) is 5.25 Å². The quantitative estimate of drug-likeness (QED) is 0.702. The monoisotopic (exact) mass is 219 g/mol. The minimum atomic E-state index is -2.85. The molecule has 1 fully saturated rings. The summed E-state index contributed by atoms with van der Waals surface area (Å²) in [6.45, 7) is 7.39. The van der Waals surface area contributed by atoms with Crippen molar-refractivity contribution < 1.29 is 8.42 Å². The highest BCUT2D eigenvalue weighted by Gasteiger charge is 2.34. The molecule has 0 saturated carbocycles. The standard InChI is InChI=1S/C10H21NO2S/c1-5-11-8(2)6-10(7-9(11)3)14(4,12)13/h8-10H,5-7H2,1-4H3/t8-,9+,10?. The molecule has 3 atom stereocenters. The lowest BCUT2D eigenvalue weighted by atomic mass is 9.97. The lowest BCUT2D eigenvalue weighted by Crippen LogP contribution is -2.49. The highest BCUT2D eigenvalue weighted by atomic mass is 32.2. The van der Waals surface area contributed by atoms with Gasteiger partial charge in [-0.2, -0.15) is 0 Å². The maximum Gasteiger partial charge on any atom is 0.150 e. The van der Waals surface area contributed by atoms with Gasteiger partial charge in [-0.3, -0.25) is 4.90 Å². The van der Waals surface area contributed by atoms with E-state index in [1.165, 1.54) is 6.26 Å². The van der Waals surface area contributed by atoms with E-state index in [9.17, 15) is 8.42 Å². The van der Waals surface area contributed by atoms with Gasteiger partial charge in [0.05, 0.1) is 5.25 Å². The van der Waals surface area contributed by atoms with Crippen LogP contribution in [0.2, 0.25) is 0 Å². The number of nitrogens with zero attached hydrogens (tertiary/aromatic N) is 1. The van der Waals surface area contributed by atoms with Gasteiger partial charge >= 0.3 is 0 Å². The van der Waals surface area contributed by atoms with Gasteiger partial charge in [0.2, 0.25) is 0 Å². The van der Waals surface area contributed by atoms with Crippen LogP contribution in [0, 0.1) is 0 Å². The van der Waals surface area contributed by atoms with Crippen LogP contribution in [0.5, 0.6) is 0 Å². The van der Waals surface area contributed by atoms with Gasteiger partial charge in [0, 0.05) is 18.3 Å². The molecule has 0 bridgehead atoms. The Balaban J connectivity index is 2.75. The fourth-order valence-electron chi connectivity index (χ4n) is 2.54. The van der Waals surface area contributed by atoms with E-state index >= 15 is 0 Å². The Hall–Kier alpha value is -0.0900. The zero-order chi connectivity index (χ0) is 10.9. The van der Waals surface area contributed by atoms with E-state index in [0.717, 1.165) is 19.4 Å². The third kappa shape index (κ3) is 2.48. The number of likely N-dealkylation sites (tertiary alicyclic amines) is 1. The molecule has 0 aliphatic carbocycles. The van der Waals surface area contributed by atoms with Crippen LogP contribution in [-0.4, -0.2) is 43.5 Å². The first-order valence-electron chi connectivity index (χ1n) is 5.30. The Kier molecular flexibility index (Phi) is 3.58. The van der Waals surface area contributed by atoms with Gasteiger partial charge < -0.3 is 0 Å². The molecule has 1 aliphatic rings. The topological polar surface area (TPSA) is 37.4 Å². The molecule has 0 radical (unpaired) electrons. The van der Waals surface area contributed by atoms with Gasteiger partial charge in [-0.1, -0.05) is 6.92 Å². The molecule has 1 rings (SSSR count). The molecule has 1 saturated heterocycles. The van der Waals surface area contributed by atoms with Gasteiger partial charge in [0.25, 0.3) is 0 Å². The normalized spacial score (nSPS) is 35.9. The SMILES string of the molecule is CCN1[C@H](C)CC(S(C)(=O)=O)C[C@@H]1C. The van der Waals surface area contributed by atoms with Crippen LogP contribution in [0.15, 0.2) is 0 Å². The first-order valence-corrected chi connectivity index (χ1v) is 7.26. The molecular weight excluding hydrogens is 198 g/mol. The lowest BCUT2D eigenvalue weighted by molar-refractivity contribution is 0.112. The molecule has 1 unspecified atom stereocenters. The highest BCUT2D eigenvalue weighted by Crippen LogP contribution is 2.26. The minimum absolute atomic E-state index is 0.129. The number of hydrogen-bond donors (Lipinski definition) is 0. The summed E-state index contributed by atoms with van der Waals surface area (Å²) in [5, 5.41) is -0.129. The summed E-state index contributed by atoms with van der Waals surface area (Å²) in [7, 11) is -2.85. The third-order valence-electron chi connectivity index (χ3n) is 3.31. The summed E-state index contributed by atoms with van der Waals surface area (Å²) < 4.78 is 22.9. The smallest absolute Gasteiger partial charge is 0.150 e. The van der Waals surface area contributed by atoms with Crippen molar-refractivity contribution in [2.24, 2.45) is 0 Å². The molecular formula is C10H21NO2S. The van der Waals surface area contributed by atoms with Crippen molar-refractivity contribution in [3.8, 4) is 0 Å². The molecule has 1 heterocycles. The van der Waals surface area contributed by atoms with Crippen LogP contribution in [0.1, 0.15) is 33.6 Å². The van der Waals surface area contributed by atoms with Gasteiger partial charge in [0.1, 0.15) is 9.84 Å². The minimum Gasteiger partial charge on any atom is -0.298 e. The van der Waals surface area contributed by atoms with Crippen molar-refractivity contribution in [1.82, 2.24) is 4.90 Å². The Morgan fingerprint density at radius 2 is 1.64 bits per heavy atom. The molecule has 0 aromatic heterocycles. The summed E-state index contributed by atoms with van der Waals surface area (Å²) in [4.78, 5) is 2.38. The zero-order valence-electron chi connectivity index (χ0n) is 9.53. The van der Waals surface area contributed by atoms with Crippen LogP contribution in [-0.2, 0) is 9.84 Å². The lowest BCUT2D eigenvalue weighted by Gasteiger charge is -2.41. The van der Waals surface area contributed by atoms with Crippen molar-refractivity contribution in [2.75, 3.05) is 12.8 Å². The predicted octanol–water partition coefficient (Wildman–Crippen LogP) is 1.29. The largest absolute Gasteiger partial charge is 0.298 e. The fraction of sp³-hybridized carbons (Fsp3) is 1.00. The second-order valence-electron chi connectivity index (χ2n) is 4.45. The Morgan fingerprint density at radius 3 is 1.93 bits per heavy atom. The van der Waals surface area contributed by atoms with E-state index in [1.54, 1.807) is 0 Å². The van der Waals surface area contributed by atoms with Crippen molar-refractivity contribution in [3.05, 3.63) is 0 Å². The van der Waals surface area contributed by atoms with Crippen molar-refractivity contribution in [3.63, 3.8) is 0 Å². The Bertz CT molecular complexity index is 274. The number of rotatable bonds is 2. The summed E-state index contributed by atoms with van der Waals surface area (Å²) in [5.41, 5.74) is 0. The Labute approximate surface area is 87.4 Å². The van der Waals surface area contributed by atoms with E-state index in [2.05, 4.69) is 25.7 Å². The molecule has 4 heteroatoms. The number of piperidine rings is 1. The van der Waals surface area contributed by atoms with Crippen molar-refractivity contribution in [1.29, 1.82) is 0 Å². The second kappa shape index (κ2) is 4.19. The maximum atomic E-state index is 11.5. The van der Waals surface area contributed by atoms with E-state index in [0.29, 0.717) is 12.1 Å². The molecule has 0 N–H and O–H groups in total. The van der Waals surface area contributed by atoms with E-state index in [1.807, 2.05) is 0 Å². The average molecular weight is 219 g/mol. The average Bonchev–Trinajstić information content (AvgIpc) is 2.01. The van der Waals surface area contributed by atoms with Crippen LogP contribution in [0.4, 0.5) is 0 Å². The van der Waals surface area contributed by atoms with Crippen LogP contribution in [0.3, 0.4) is 0 Å². The van der Waals surface area contributed by atoms with E-state index < -0.39 is 9.84 Å². The van der Waals surface area contributed by atoms with Gasteiger partial charge in [-0.05, 0) is 33.2 Å². The fourth-order valence-corrected chi connectivity index (χ4v) is 3.79. The zero-order valence-corrected chi connectivity index (χ0v) is 10.3. The van der Waals surface area contributed by atoms with Gasteiger partial charge in [-0.15, -0.1) is 0 Å². The molecule has 1 aliphatic heterocycles. The molecule has 3 nitrogen and oxygen atoms in total. The summed E-state index contributed by atoms with van der Waals surface area (Å²) in [6, 6.07) is 0.784. The summed E-state index contributed by atoms with van der Waals surface area (Å²) >= 11 is 0. The molecule has 0 aromatic carbocycles. The molecule has 0 amide bonds. The summed E-state index contributed by atoms with van der Waals surface area (Å²) in [5.74, 6) is 0.